The molecule has 21 heavy (non-hydrogen) atoms. The Bertz CT molecular complexity index is 776. The van der Waals surface area contributed by atoms with Gasteiger partial charge in [0.2, 0.25) is 0 Å². The molecule has 2 aliphatic carbocycles. The van der Waals surface area contributed by atoms with Gasteiger partial charge in [-0.2, -0.15) is 0 Å². The van der Waals surface area contributed by atoms with Crippen LogP contribution >= 0.6 is 11.6 Å². The van der Waals surface area contributed by atoms with Crippen molar-refractivity contribution >= 4 is 28.3 Å². The highest BCUT2D eigenvalue weighted by atomic mass is 35.5. The maximum Gasteiger partial charge on any atom is 0.156 e. The third kappa shape index (κ3) is 1.74. The molecule has 1 aromatic heterocycles. The molecule has 0 fully saturated rings. The van der Waals surface area contributed by atoms with Gasteiger partial charge in [-0.05, 0) is 42.7 Å². The topological polar surface area (TPSA) is 42.1 Å². The van der Waals surface area contributed by atoms with Gasteiger partial charge >= 0.3 is 0 Å². The number of carbonyl (C=O) groups excluding carboxylic acids is 1. The number of hydrogen-bond acceptors (Lipinski definition) is 2. The van der Waals surface area contributed by atoms with Crippen molar-refractivity contribution in [3.05, 3.63) is 46.6 Å². The van der Waals surface area contributed by atoms with Crippen LogP contribution in [-0.4, -0.2) is 23.5 Å². The molecule has 0 amide bonds. The average molecular weight is 302 g/mol. The van der Waals surface area contributed by atoms with Gasteiger partial charge < -0.3 is 9.72 Å². The van der Waals surface area contributed by atoms with Crippen LogP contribution in [0.4, 0.5) is 0 Å². The summed E-state index contributed by atoms with van der Waals surface area (Å²) in [6.07, 6.45) is 5.89. The van der Waals surface area contributed by atoms with E-state index >= 15 is 0 Å². The number of rotatable bonds is 1. The number of fused-ring (bicyclic) bond motifs is 5. The van der Waals surface area contributed by atoms with Crippen molar-refractivity contribution in [3.63, 3.8) is 0 Å². The smallest absolute Gasteiger partial charge is 0.156 e. The van der Waals surface area contributed by atoms with Gasteiger partial charge in [-0.1, -0.05) is 17.7 Å². The van der Waals surface area contributed by atoms with Crippen LogP contribution in [0.15, 0.2) is 30.4 Å². The molecule has 2 aliphatic rings. The van der Waals surface area contributed by atoms with Crippen LogP contribution in [0.3, 0.4) is 0 Å². The normalized spacial score (nSPS) is 27.7. The van der Waals surface area contributed by atoms with Crippen LogP contribution in [0.25, 0.3) is 10.9 Å². The molecule has 1 N–H and O–H groups in total. The number of hydrogen-bond donors (Lipinski definition) is 1. The Hall–Kier alpha value is -1.58. The molecule has 0 saturated carbocycles. The average Bonchev–Trinajstić information content (AvgIpc) is 2.87. The minimum Gasteiger partial charge on any atom is -0.373 e. The summed E-state index contributed by atoms with van der Waals surface area (Å²) in [5.74, 6) is 0.194. The summed E-state index contributed by atoms with van der Waals surface area (Å²) in [6.45, 7) is 0. The minimum absolute atomic E-state index is 0.0393. The zero-order chi connectivity index (χ0) is 14.6. The Kier molecular flexibility index (Phi) is 2.78. The quantitative estimate of drug-likeness (QED) is 0.871. The maximum atomic E-state index is 11.9. The molecule has 4 heteroatoms. The Morgan fingerprint density at radius 2 is 2.29 bits per heavy atom. The third-order valence-electron chi connectivity index (χ3n) is 4.93. The van der Waals surface area contributed by atoms with Crippen molar-refractivity contribution in [1.82, 2.24) is 4.98 Å². The van der Waals surface area contributed by atoms with E-state index in [9.17, 15) is 4.79 Å². The predicted molar refractivity (Wildman–Crippen MR) is 82.9 cm³/mol. The second-order valence-electron chi connectivity index (χ2n) is 5.90. The summed E-state index contributed by atoms with van der Waals surface area (Å²) in [5, 5.41) is 1.78. The molecule has 0 aliphatic heterocycles. The Morgan fingerprint density at radius 3 is 3.10 bits per heavy atom. The van der Waals surface area contributed by atoms with Gasteiger partial charge in [0.1, 0.15) is 0 Å². The first-order valence-electron chi connectivity index (χ1n) is 7.21. The van der Waals surface area contributed by atoms with E-state index < -0.39 is 0 Å². The summed E-state index contributed by atoms with van der Waals surface area (Å²) in [5.41, 5.74) is 3.02. The summed E-state index contributed by atoms with van der Waals surface area (Å²) in [6, 6.07) is 5.89. The number of methoxy groups -OCH3 is 1. The van der Waals surface area contributed by atoms with Crippen molar-refractivity contribution in [2.45, 2.75) is 30.8 Å². The molecule has 0 radical (unpaired) electrons. The second-order valence-corrected chi connectivity index (χ2v) is 6.30. The first kappa shape index (κ1) is 13.1. The summed E-state index contributed by atoms with van der Waals surface area (Å²) >= 11 is 6.43. The highest BCUT2D eigenvalue weighted by molar-refractivity contribution is 6.35. The molecule has 1 aromatic carbocycles. The number of H-pyrrole nitrogens is 1. The first-order chi connectivity index (χ1) is 10.1. The number of aryl methyl sites for hydroxylation is 1. The molecule has 0 spiro atoms. The number of aromatic amines is 1. The molecule has 0 unspecified atom stereocenters. The molecule has 0 bridgehead atoms. The maximum absolute atomic E-state index is 11.9. The van der Waals surface area contributed by atoms with E-state index in [0.29, 0.717) is 6.42 Å². The SMILES string of the molecule is CO[C@@]12C=CC(=O)C[C@@H]1c1c([nH]c3cccc(Cl)c13)CC2. The fraction of sp³-hybridized carbons (Fsp3) is 0.353. The Labute approximate surface area is 127 Å². The fourth-order valence-corrected chi connectivity index (χ4v) is 4.17. The van der Waals surface area contributed by atoms with E-state index in [1.54, 1.807) is 13.2 Å². The van der Waals surface area contributed by atoms with Gasteiger partial charge in [0, 0.05) is 36.0 Å². The van der Waals surface area contributed by atoms with Gasteiger partial charge in [-0.25, -0.2) is 0 Å². The minimum atomic E-state index is -0.380. The lowest BCUT2D eigenvalue weighted by atomic mass is 9.68. The molecular weight excluding hydrogens is 286 g/mol. The molecule has 108 valence electrons. The van der Waals surface area contributed by atoms with Crippen LogP contribution in [-0.2, 0) is 16.0 Å². The van der Waals surface area contributed by atoms with Crippen molar-refractivity contribution < 1.29 is 9.53 Å². The van der Waals surface area contributed by atoms with Gasteiger partial charge in [0.05, 0.1) is 10.6 Å². The predicted octanol–water partition coefficient (Wildman–Crippen LogP) is 3.77. The number of nitrogens with one attached hydrogen (secondary N) is 1. The van der Waals surface area contributed by atoms with E-state index in [2.05, 4.69) is 4.98 Å². The number of carbonyl (C=O) groups is 1. The van der Waals surface area contributed by atoms with Crippen molar-refractivity contribution in [2.24, 2.45) is 0 Å². The summed E-state index contributed by atoms with van der Waals surface area (Å²) < 4.78 is 5.85. The molecule has 3 nitrogen and oxygen atoms in total. The van der Waals surface area contributed by atoms with Gasteiger partial charge in [-0.15, -0.1) is 0 Å². The molecule has 0 saturated heterocycles. The molecule has 2 aromatic rings. The second kappa shape index (κ2) is 4.46. The van der Waals surface area contributed by atoms with Crippen molar-refractivity contribution in [3.8, 4) is 0 Å². The van der Waals surface area contributed by atoms with E-state index in [1.165, 1.54) is 11.3 Å². The number of halogens is 1. The van der Waals surface area contributed by atoms with E-state index in [0.717, 1.165) is 28.8 Å². The molecule has 4 rings (SSSR count). The van der Waals surface area contributed by atoms with Crippen molar-refractivity contribution in [1.29, 1.82) is 0 Å². The fourth-order valence-electron chi connectivity index (χ4n) is 3.89. The number of benzene rings is 1. The van der Waals surface area contributed by atoms with E-state index in [1.807, 2.05) is 24.3 Å². The number of aromatic nitrogens is 1. The van der Waals surface area contributed by atoms with E-state index in [-0.39, 0.29) is 17.3 Å². The van der Waals surface area contributed by atoms with Crippen LogP contribution in [0.2, 0.25) is 5.02 Å². The third-order valence-corrected chi connectivity index (χ3v) is 5.25. The standard InChI is InChI=1S/C17H16ClNO2/c1-21-17-7-5-10(20)9-11(17)15-14(6-8-17)19-13-4-2-3-12(18)16(13)15/h2-5,7,11,19H,6,8-9H2,1H3/t11-,17-/m1/s1. The Balaban J connectivity index is 2.01. The lowest BCUT2D eigenvalue weighted by Gasteiger charge is -2.42. The number of ether oxygens (including phenoxy) is 1. The lowest BCUT2D eigenvalue weighted by molar-refractivity contribution is -0.118. The van der Waals surface area contributed by atoms with Gasteiger partial charge in [-0.3, -0.25) is 4.79 Å². The largest absolute Gasteiger partial charge is 0.373 e. The zero-order valence-electron chi connectivity index (χ0n) is 11.8. The van der Waals surface area contributed by atoms with Crippen molar-refractivity contribution in [2.75, 3.05) is 7.11 Å². The summed E-state index contributed by atoms with van der Waals surface area (Å²) in [7, 11) is 1.73. The summed E-state index contributed by atoms with van der Waals surface area (Å²) in [4.78, 5) is 15.4. The monoisotopic (exact) mass is 301 g/mol. The van der Waals surface area contributed by atoms with Gasteiger partial charge in [0.25, 0.3) is 0 Å². The van der Waals surface area contributed by atoms with E-state index in [4.69, 9.17) is 16.3 Å². The van der Waals surface area contributed by atoms with Gasteiger partial charge in [0.15, 0.2) is 5.78 Å². The first-order valence-corrected chi connectivity index (χ1v) is 7.58. The number of allylic oxidation sites excluding steroid dienone is 1. The van der Waals surface area contributed by atoms with Crippen LogP contribution in [0.5, 0.6) is 0 Å². The molecule has 1 heterocycles. The number of ketones is 1. The van der Waals surface area contributed by atoms with Crippen LogP contribution in [0, 0.1) is 0 Å². The highest BCUT2D eigenvalue weighted by Crippen LogP contribution is 2.50. The lowest BCUT2D eigenvalue weighted by Crippen LogP contribution is -2.43. The molecule has 2 atom stereocenters. The molecular formula is C17H16ClNO2. The Morgan fingerprint density at radius 1 is 1.43 bits per heavy atom. The highest BCUT2D eigenvalue weighted by Gasteiger charge is 2.46. The van der Waals surface area contributed by atoms with Crippen LogP contribution in [0.1, 0.15) is 30.0 Å². The van der Waals surface area contributed by atoms with Crippen LogP contribution < -0.4 is 0 Å². The zero-order valence-corrected chi connectivity index (χ0v) is 12.5.